The summed E-state index contributed by atoms with van der Waals surface area (Å²) in [6.45, 7) is 0. The Morgan fingerprint density at radius 2 is 1.50 bits per heavy atom. The lowest BCUT2D eigenvalue weighted by molar-refractivity contribution is 0.107. The highest BCUT2D eigenvalue weighted by molar-refractivity contribution is 7.20. The molecule has 0 aliphatic heterocycles. The van der Waals surface area contributed by atoms with Gasteiger partial charge in [-0.15, -0.1) is 11.3 Å². The fraction of sp³-hybridized carbons (Fsp3) is 0.429. The van der Waals surface area contributed by atoms with Crippen LogP contribution in [0.3, 0.4) is 0 Å². The predicted molar refractivity (Wildman–Crippen MR) is 48.9 cm³/mol. The summed E-state index contributed by atoms with van der Waals surface area (Å²) in [5.41, 5.74) is 1.22. The molecule has 0 bridgehead atoms. The van der Waals surface area contributed by atoms with Gasteiger partial charge in [-0.05, 0) is 0 Å². The molecule has 1 aliphatic rings. The maximum atomic E-state index is 9.45. The van der Waals surface area contributed by atoms with Gasteiger partial charge in [0.25, 0.3) is 0 Å². The molecule has 1 aromatic rings. The zero-order valence-corrected chi connectivity index (χ0v) is 8.25. The van der Waals surface area contributed by atoms with Gasteiger partial charge in [-0.2, -0.15) is 0 Å². The lowest BCUT2D eigenvalue weighted by Gasteiger charge is -2.00. The quantitative estimate of drug-likeness (QED) is 0.712. The molecule has 1 heterocycles. The lowest BCUT2D eigenvalue weighted by Crippen LogP contribution is -1.90. The fourth-order valence-corrected chi connectivity index (χ4v) is 3.37. The van der Waals surface area contributed by atoms with Crippen LogP contribution in [-0.2, 0) is 0 Å². The van der Waals surface area contributed by atoms with Crippen molar-refractivity contribution in [2.24, 2.45) is 0 Å². The molecule has 0 saturated carbocycles. The Morgan fingerprint density at radius 1 is 1.08 bits per heavy atom. The average molecular weight is 225 g/mol. The van der Waals surface area contributed by atoms with Gasteiger partial charge in [0.2, 0.25) is 0 Å². The maximum absolute atomic E-state index is 9.45. The molecule has 0 spiro atoms. The van der Waals surface area contributed by atoms with Crippen LogP contribution in [0, 0.1) is 0 Å². The molecule has 0 aromatic carbocycles. The molecule has 0 fully saturated rings. The molecule has 0 saturated heterocycles. The van der Waals surface area contributed by atoms with Gasteiger partial charge in [-0.1, -0.05) is 23.2 Å². The van der Waals surface area contributed by atoms with E-state index in [1.54, 1.807) is 0 Å². The normalized spacial score (nSPS) is 27.7. The minimum atomic E-state index is -0.661. The summed E-state index contributed by atoms with van der Waals surface area (Å²) in [6.07, 6.45) is -1.02. The zero-order chi connectivity index (χ0) is 8.88. The van der Waals surface area contributed by atoms with Gasteiger partial charge in [0.1, 0.15) is 8.67 Å². The van der Waals surface area contributed by atoms with Gasteiger partial charge in [0.15, 0.2) is 0 Å². The van der Waals surface area contributed by atoms with Crippen molar-refractivity contribution in [1.82, 2.24) is 0 Å². The van der Waals surface area contributed by atoms with Crippen LogP contribution >= 0.6 is 34.5 Å². The molecule has 1 aliphatic carbocycles. The Balaban J connectivity index is 2.62. The van der Waals surface area contributed by atoms with Crippen LogP contribution in [0.4, 0.5) is 0 Å². The standard InChI is InChI=1S/C7H6Cl2O2S/c8-6-4-2(10)1-3(11)5(4)7(9)12-6/h2-3,10-11H,1H2/t2-,3-/m0/s1. The van der Waals surface area contributed by atoms with Crippen molar-refractivity contribution in [2.45, 2.75) is 18.6 Å². The molecular formula is C7H6Cl2O2S. The number of fused-ring (bicyclic) bond motifs is 1. The largest absolute Gasteiger partial charge is 0.388 e. The summed E-state index contributed by atoms with van der Waals surface area (Å²) >= 11 is 12.8. The molecule has 2 nitrogen and oxygen atoms in total. The van der Waals surface area contributed by atoms with Gasteiger partial charge < -0.3 is 10.2 Å². The van der Waals surface area contributed by atoms with E-state index >= 15 is 0 Å². The number of halogens is 2. The molecule has 0 unspecified atom stereocenters. The molecule has 0 radical (unpaired) electrons. The number of aliphatic hydroxyl groups excluding tert-OH is 2. The molecular weight excluding hydrogens is 219 g/mol. The Kier molecular flexibility index (Phi) is 2.09. The van der Waals surface area contributed by atoms with Crippen molar-refractivity contribution >= 4 is 34.5 Å². The van der Waals surface area contributed by atoms with Crippen molar-refractivity contribution in [1.29, 1.82) is 0 Å². The van der Waals surface area contributed by atoms with E-state index < -0.39 is 12.2 Å². The minimum Gasteiger partial charge on any atom is -0.388 e. The molecule has 5 heteroatoms. The first-order chi connectivity index (χ1) is 5.61. The Labute approximate surface area is 83.4 Å². The summed E-state index contributed by atoms with van der Waals surface area (Å²) in [5, 5.41) is 18.9. The lowest BCUT2D eigenvalue weighted by atomic mass is 10.2. The van der Waals surface area contributed by atoms with E-state index in [0.717, 1.165) is 0 Å². The summed E-state index contributed by atoms with van der Waals surface area (Å²) in [6, 6.07) is 0. The number of hydrogen-bond donors (Lipinski definition) is 2. The van der Waals surface area contributed by atoms with E-state index in [-0.39, 0.29) is 0 Å². The molecule has 2 N–H and O–H groups in total. The summed E-state index contributed by atoms with van der Waals surface area (Å²) in [5.74, 6) is 0. The first-order valence-electron chi connectivity index (χ1n) is 3.45. The third-order valence-electron chi connectivity index (χ3n) is 2.01. The smallest absolute Gasteiger partial charge is 0.101 e. The van der Waals surface area contributed by atoms with Crippen LogP contribution in [0.5, 0.6) is 0 Å². The van der Waals surface area contributed by atoms with Crippen molar-refractivity contribution in [3.8, 4) is 0 Å². The van der Waals surface area contributed by atoms with Gasteiger partial charge >= 0.3 is 0 Å². The second-order valence-corrected chi connectivity index (χ2v) is 4.97. The maximum Gasteiger partial charge on any atom is 0.101 e. The predicted octanol–water partition coefficient (Wildman–Crippen LogP) is 2.53. The molecule has 12 heavy (non-hydrogen) atoms. The van der Waals surface area contributed by atoms with Crippen LogP contribution in [0.1, 0.15) is 29.8 Å². The van der Waals surface area contributed by atoms with Crippen molar-refractivity contribution in [2.75, 3.05) is 0 Å². The highest BCUT2D eigenvalue weighted by atomic mass is 35.5. The van der Waals surface area contributed by atoms with Crippen LogP contribution in [-0.4, -0.2) is 10.2 Å². The number of hydrogen-bond acceptors (Lipinski definition) is 3. The molecule has 0 amide bonds. The monoisotopic (exact) mass is 224 g/mol. The third-order valence-corrected chi connectivity index (χ3v) is 3.67. The first kappa shape index (κ1) is 8.78. The molecule has 2 rings (SSSR count). The highest BCUT2D eigenvalue weighted by Crippen LogP contribution is 2.50. The number of thiophene rings is 1. The fourth-order valence-electron chi connectivity index (χ4n) is 1.47. The van der Waals surface area contributed by atoms with Crippen LogP contribution in [0.15, 0.2) is 0 Å². The highest BCUT2D eigenvalue weighted by Gasteiger charge is 2.34. The number of aliphatic hydroxyl groups is 2. The Hall–Kier alpha value is 0.200. The van der Waals surface area contributed by atoms with E-state index in [1.807, 2.05) is 0 Å². The topological polar surface area (TPSA) is 40.5 Å². The summed E-state index contributed by atoms with van der Waals surface area (Å²) in [7, 11) is 0. The zero-order valence-electron chi connectivity index (χ0n) is 5.92. The van der Waals surface area contributed by atoms with E-state index in [1.165, 1.54) is 11.3 Å². The number of rotatable bonds is 0. The second-order valence-electron chi connectivity index (χ2n) is 2.74. The minimum absolute atomic E-state index is 0.303. The Morgan fingerprint density at radius 3 is 1.92 bits per heavy atom. The third kappa shape index (κ3) is 1.09. The Bertz CT molecular complexity index is 295. The molecule has 66 valence electrons. The van der Waals surface area contributed by atoms with Crippen LogP contribution in [0.25, 0.3) is 0 Å². The summed E-state index contributed by atoms with van der Waals surface area (Å²) in [4.78, 5) is 0. The van der Waals surface area contributed by atoms with E-state index in [4.69, 9.17) is 23.2 Å². The van der Waals surface area contributed by atoms with E-state index in [9.17, 15) is 10.2 Å². The SMILES string of the molecule is O[C@H]1C[C@H](O)c2c(Cl)sc(Cl)c21. The van der Waals surface area contributed by atoms with Crippen molar-refractivity contribution in [3.05, 3.63) is 19.8 Å². The van der Waals surface area contributed by atoms with Gasteiger partial charge in [-0.3, -0.25) is 0 Å². The van der Waals surface area contributed by atoms with Crippen molar-refractivity contribution < 1.29 is 10.2 Å². The summed E-state index contributed by atoms with van der Waals surface area (Å²) < 4.78 is 0.970. The van der Waals surface area contributed by atoms with Gasteiger partial charge in [0, 0.05) is 17.5 Å². The molecule has 2 atom stereocenters. The van der Waals surface area contributed by atoms with E-state index in [2.05, 4.69) is 0 Å². The van der Waals surface area contributed by atoms with Gasteiger partial charge in [0.05, 0.1) is 12.2 Å². The van der Waals surface area contributed by atoms with E-state index in [0.29, 0.717) is 26.2 Å². The average Bonchev–Trinajstić information content (AvgIpc) is 2.38. The second kappa shape index (κ2) is 2.86. The molecule has 1 aromatic heterocycles. The van der Waals surface area contributed by atoms with Gasteiger partial charge in [-0.25, -0.2) is 0 Å². The van der Waals surface area contributed by atoms with Crippen molar-refractivity contribution in [3.63, 3.8) is 0 Å². The first-order valence-corrected chi connectivity index (χ1v) is 5.02. The van der Waals surface area contributed by atoms with Crippen LogP contribution < -0.4 is 0 Å². The van der Waals surface area contributed by atoms with Crippen LogP contribution in [0.2, 0.25) is 8.67 Å².